The lowest BCUT2D eigenvalue weighted by atomic mass is 10.1. The van der Waals surface area contributed by atoms with Gasteiger partial charge in [-0.2, -0.15) is 0 Å². The van der Waals surface area contributed by atoms with Crippen molar-refractivity contribution in [1.82, 2.24) is 4.72 Å². The smallest absolute Gasteiger partial charge is 0.207 e. The fourth-order valence-corrected chi connectivity index (χ4v) is 4.33. The first-order valence-corrected chi connectivity index (χ1v) is 8.99. The molecule has 22 heavy (non-hydrogen) atoms. The van der Waals surface area contributed by atoms with Crippen LogP contribution in [0.25, 0.3) is 0 Å². The molecule has 0 aromatic heterocycles. The van der Waals surface area contributed by atoms with Gasteiger partial charge in [-0.3, -0.25) is 0 Å². The van der Waals surface area contributed by atoms with E-state index in [-0.39, 0.29) is 4.90 Å². The Bertz CT molecular complexity index is 804. The molecule has 1 atom stereocenters. The minimum absolute atomic E-state index is 0.282. The number of aryl methyl sites for hydroxylation is 2. The van der Waals surface area contributed by atoms with Gasteiger partial charge in [-0.15, -0.1) is 0 Å². The summed E-state index contributed by atoms with van der Waals surface area (Å²) in [4.78, 5) is 0.282. The molecular formula is C16H17Cl2NO2S. The molecular weight excluding hydrogens is 341 g/mol. The predicted molar refractivity (Wildman–Crippen MR) is 91.1 cm³/mol. The van der Waals surface area contributed by atoms with Crippen molar-refractivity contribution in [3.63, 3.8) is 0 Å². The Morgan fingerprint density at radius 1 is 1.05 bits per heavy atom. The molecule has 0 saturated carbocycles. The van der Waals surface area contributed by atoms with Crippen LogP contribution in [-0.4, -0.2) is 8.42 Å². The molecule has 0 spiro atoms. The Morgan fingerprint density at radius 3 is 2.36 bits per heavy atom. The first-order chi connectivity index (χ1) is 10.2. The Kier molecular flexibility index (Phi) is 5.17. The minimum atomic E-state index is -3.63. The number of halogens is 2. The summed E-state index contributed by atoms with van der Waals surface area (Å²) in [5.74, 6) is 0. The minimum Gasteiger partial charge on any atom is -0.207 e. The zero-order chi connectivity index (χ0) is 16.5. The maximum Gasteiger partial charge on any atom is 0.241 e. The van der Waals surface area contributed by atoms with Crippen LogP contribution in [-0.2, 0) is 10.0 Å². The predicted octanol–water partition coefficient (Wildman–Crippen LogP) is 4.65. The van der Waals surface area contributed by atoms with Gasteiger partial charge in [-0.05, 0) is 55.7 Å². The molecule has 0 aliphatic heterocycles. The van der Waals surface area contributed by atoms with E-state index in [0.29, 0.717) is 21.2 Å². The normalized spacial score (nSPS) is 13.1. The van der Waals surface area contributed by atoms with Gasteiger partial charge in [0.1, 0.15) is 0 Å². The quantitative estimate of drug-likeness (QED) is 0.865. The molecule has 0 bridgehead atoms. The summed E-state index contributed by atoms with van der Waals surface area (Å²) in [5.41, 5.74) is 2.27. The van der Waals surface area contributed by atoms with Crippen LogP contribution in [0, 0.1) is 13.8 Å². The van der Waals surface area contributed by atoms with Crippen LogP contribution >= 0.6 is 23.2 Å². The van der Waals surface area contributed by atoms with Crippen LogP contribution in [0.1, 0.15) is 29.7 Å². The highest BCUT2D eigenvalue weighted by Crippen LogP contribution is 2.27. The Morgan fingerprint density at radius 2 is 1.73 bits per heavy atom. The average Bonchev–Trinajstić information content (AvgIpc) is 2.40. The van der Waals surface area contributed by atoms with Crippen LogP contribution < -0.4 is 4.72 Å². The number of nitrogens with one attached hydrogen (secondary N) is 1. The van der Waals surface area contributed by atoms with E-state index < -0.39 is 16.1 Å². The molecule has 0 radical (unpaired) electrons. The molecule has 2 aromatic carbocycles. The molecule has 0 saturated heterocycles. The lowest BCUT2D eigenvalue weighted by Gasteiger charge is -2.17. The fourth-order valence-electron chi connectivity index (χ4n) is 2.21. The molecule has 0 amide bonds. The van der Waals surface area contributed by atoms with Crippen molar-refractivity contribution in [1.29, 1.82) is 0 Å². The third-order valence-electron chi connectivity index (χ3n) is 3.39. The van der Waals surface area contributed by atoms with Crippen LogP contribution in [0.2, 0.25) is 10.0 Å². The van der Waals surface area contributed by atoms with Crippen molar-refractivity contribution in [2.45, 2.75) is 31.7 Å². The summed E-state index contributed by atoms with van der Waals surface area (Å²) < 4.78 is 27.8. The SMILES string of the molecule is Cc1ccc(C)c(S(=O)(=O)N[C@H](C)c2ccc(Cl)cc2Cl)c1. The first kappa shape index (κ1) is 17.3. The summed E-state index contributed by atoms with van der Waals surface area (Å²) in [6, 6.07) is 9.88. The monoisotopic (exact) mass is 357 g/mol. The molecule has 0 aliphatic carbocycles. The zero-order valence-electron chi connectivity index (χ0n) is 12.5. The molecule has 0 unspecified atom stereocenters. The fraction of sp³-hybridized carbons (Fsp3) is 0.250. The molecule has 6 heteroatoms. The van der Waals surface area contributed by atoms with Gasteiger partial charge < -0.3 is 0 Å². The third kappa shape index (κ3) is 3.82. The second-order valence-electron chi connectivity index (χ2n) is 5.28. The van der Waals surface area contributed by atoms with E-state index in [4.69, 9.17) is 23.2 Å². The molecule has 3 nitrogen and oxygen atoms in total. The van der Waals surface area contributed by atoms with Crippen LogP contribution in [0.4, 0.5) is 0 Å². The Labute approximate surface area is 141 Å². The highest BCUT2D eigenvalue weighted by Gasteiger charge is 2.21. The van der Waals surface area contributed by atoms with Crippen LogP contribution in [0.15, 0.2) is 41.3 Å². The summed E-state index contributed by atoms with van der Waals surface area (Å²) in [7, 11) is -3.63. The molecule has 0 aliphatic rings. The van der Waals surface area contributed by atoms with Gasteiger partial charge in [0.15, 0.2) is 0 Å². The van der Waals surface area contributed by atoms with E-state index in [9.17, 15) is 8.42 Å². The Balaban J connectivity index is 2.34. The largest absolute Gasteiger partial charge is 0.241 e. The van der Waals surface area contributed by atoms with Gasteiger partial charge >= 0.3 is 0 Å². The number of hydrogen-bond acceptors (Lipinski definition) is 2. The molecule has 0 fully saturated rings. The summed E-state index contributed by atoms with van der Waals surface area (Å²) >= 11 is 12.0. The van der Waals surface area contributed by atoms with E-state index in [1.54, 1.807) is 44.2 Å². The van der Waals surface area contributed by atoms with Crippen molar-refractivity contribution in [3.05, 3.63) is 63.1 Å². The molecule has 0 heterocycles. The standard InChI is InChI=1S/C16H17Cl2NO2S/c1-10-4-5-11(2)16(8-10)22(20,21)19-12(3)14-7-6-13(17)9-15(14)18/h4-9,12,19H,1-3H3/t12-/m1/s1. The zero-order valence-corrected chi connectivity index (χ0v) is 14.9. The average molecular weight is 358 g/mol. The van der Waals surface area contributed by atoms with E-state index >= 15 is 0 Å². The van der Waals surface area contributed by atoms with Crippen molar-refractivity contribution in [3.8, 4) is 0 Å². The maximum atomic E-state index is 12.6. The number of rotatable bonds is 4. The van der Waals surface area contributed by atoms with Crippen molar-refractivity contribution < 1.29 is 8.42 Å². The van der Waals surface area contributed by atoms with E-state index in [1.807, 2.05) is 13.0 Å². The van der Waals surface area contributed by atoms with Crippen molar-refractivity contribution >= 4 is 33.2 Å². The van der Waals surface area contributed by atoms with Gasteiger partial charge in [0.05, 0.1) is 4.90 Å². The van der Waals surface area contributed by atoms with Crippen LogP contribution in [0.3, 0.4) is 0 Å². The molecule has 118 valence electrons. The highest BCUT2D eigenvalue weighted by molar-refractivity contribution is 7.89. The third-order valence-corrected chi connectivity index (χ3v) is 5.64. The molecule has 1 N–H and O–H groups in total. The topological polar surface area (TPSA) is 46.2 Å². The molecule has 2 aromatic rings. The maximum absolute atomic E-state index is 12.6. The number of sulfonamides is 1. The van der Waals surface area contributed by atoms with E-state index in [1.165, 1.54) is 0 Å². The van der Waals surface area contributed by atoms with Gasteiger partial charge in [0, 0.05) is 16.1 Å². The first-order valence-electron chi connectivity index (χ1n) is 6.75. The van der Waals surface area contributed by atoms with E-state index in [2.05, 4.69) is 4.72 Å². The van der Waals surface area contributed by atoms with Crippen LogP contribution in [0.5, 0.6) is 0 Å². The number of hydrogen-bond donors (Lipinski definition) is 1. The van der Waals surface area contributed by atoms with Gasteiger partial charge in [-0.25, -0.2) is 13.1 Å². The Hall–Kier alpha value is -1.07. The summed E-state index contributed by atoms with van der Waals surface area (Å²) in [5, 5.41) is 0.946. The van der Waals surface area contributed by atoms with E-state index in [0.717, 1.165) is 5.56 Å². The van der Waals surface area contributed by atoms with Gasteiger partial charge in [0.2, 0.25) is 10.0 Å². The summed E-state index contributed by atoms with van der Waals surface area (Å²) in [6.45, 7) is 5.38. The lowest BCUT2D eigenvalue weighted by molar-refractivity contribution is 0.566. The van der Waals surface area contributed by atoms with Gasteiger partial charge in [-0.1, -0.05) is 41.4 Å². The highest BCUT2D eigenvalue weighted by atomic mass is 35.5. The lowest BCUT2D eigenvalue weighted by Crippen LogP contribution is -2.27. The molecule has 2 rings (SSSR count). The second-order valence-corrected chi connectivity index (χ2v) is 7.80. The summed E-state index contributed by atoms with van der Waals surface area (Å²) in [6.07, 6.45) is 0. The van der Waals surface area contributed by atoms with Gasteiger partial charge in [0.25, 0.3) is 0 Å². The van der Waals surface area contributed by atoms with Crippen molar-refractivity contribution in [2.75, 3.05) is 0 Å². The number of benzene rings is 2. The van der Waals surface area contributed by atoms with Crippen molar-refractivity contribution in [2.24, 2.45) is 0 Å². The second kappa shape index (κ2) is 6.59.